The monoisotopic (exact) mass is 473 g/mol. The quantitative estimate of drug-likeness (QED) is 0.544. The molecule has 0 aliphatic heterocycles. The van der Waals surface area contributed by atoms with Crippen molar-refractivity contribution in [3.05, 3.63) is 58.1 Å². The van der Waals surface area contributed by atoms with E-state index in [1.54, 1.807) is 24.3 Å². The van der Waals surface area contributed by atoms with E-state index in [4.69, 9.17) is 27.9 Å². The fraction of sp³-hybridized carbons (Fsp3) is 0.263. The number of anilines is 2. The molecule has 0 bridgehead atoms. The van der Waals surface area contributed by atoms with Crippen LogP contribution < -0.4 is 14.9 Å². The van der Waals surface area contributed by atoms with Gasteiger partial charge >= 0.3 is 0 Å². The van der Waals surface area contributed by atoms with Crippen LogP contribution in [-0.4, -0.2) is 53.3 Å². The van der Waals surface area contributed by atoms with Gasteiger partial charge in [0.25, 0.3) is 5.91 Å². The molecule has 0 radical (unpaired) electrons. The molecular weight excluding hydrogens is 453 g/mol. The van der Waals surface area contributed by atoms with Gasteiger partial charge in [0.05, 0.1) is 39.8 Å². The molecule has 2 N–H and O–H groups in total. The third-order valence-corrected chi connectivity index (χ3v) is 5.80. The van der Waals surface area contributed by atoms with Crippen LogP contribution in [0.2, 0.25) is 10.0 Å². The van der Waals surface area contributed by atoms with Crippen molar-refractivity contribution >= 4 is 56.4 Å². The lowest BCUT2D eigenvalue weighted by molar-refractivity contribution is -0.114. The summed E-state index contributed by atoms with van der Waals surface area (Å²) in [7, 11) is -2.28. The van der Waals surface area contributed by atoms with Crippen molar-refractivity contribution in [2.24, 2.45) is 0 Å². The summed E-state index contributed by atoms with van der Waals surface area (Å²) >= 11 is 11.9. The van der Waals surface area contributed by atoms with Gasteiger partial charge in [-0.1, -0.05) is 35.3 Å². The third-order valence-electron chi connectivity index (χ3n) is 3.92. The number of rotatable bonds is 9. The lowest BCUT2D eigenvalue weighted by Gasteiger charge is -2.22. The largest absolute Gasteiger partial charge is 0.383 e. The minimum Gasteiger partial charge on any atom is -0.383 e. The van der Waals surface area contributed by atoms with Crippen molar-refractivity contribution in [3.63, 3.8) is 0 Å². The summed E-state index contributed by atoms with van der Waals surface area (Å²) in [5.74, 6) is -1.03. The van der Waals surface area contributed by atoms with E-state index < -0.39 is 28.4 Å². The third kappa shape index (κ3) is 6.60. The molecule has 0 saturated heterocycles. The van der Waals surface area contributed by atoms with Crippen molar-refractivity contribution in [2.45, 2.75) is 0 Å². The van der Waals surface area contributed by atoms with Crippen molar-refractivity contribution in [1.29, 1.82) is 0 Å². The van der Waals surface area contributed by atoms with Crippen LogP contribution >= 0.6 is 23.2 Å². The van der Waals surface area contributed by atoms with Gasteiger partial charge in [-0.3, -0.25) is 13.9 Å². The van der Waals surface area contributed by atoms with E-state index in [0.29, 0.717) is 13.2 Å². The summed E-state index contributed by atoms with van der Waals surface area (Å²) in [4.78, 5) is 24.9. The molecule has 8 nitrogen and oxygen atoms in total. The van der Waals surface area contributed by atoms with Crippen LogP contribution in [0.4, 0.5) is 11.4 Å². The molecule has 162 valence electrons. The predicted octanol–water partition coefficient (Wildman–Crippen LogP) is 2.77. The van der Waals surface area contributed by atoms with E-state index in [9.17, 15) is 18.0 Å². The zero-order chi connectivity index (χ0) is 22.3. The van der Waals surface area contributed by atoms with Crippen LogP contribution in [0.5, 0.6) is 0 Å². The molecule has 0 aliphatic rings. The second-order valence-corrected chi connectivity index (χ2v) is 8.93. The number of ether oxygens (including phenoxy) is 1. The molecule has 0 saturated carbocycles. The maximum Gasteiger partial charge on any atom is 0.253 e. The van der Waals surface area contributed by atoms with Crippen LogP contribution in [0.15, 0.2) is 42.5 Å². The number of para-hydroxylation sites is 1. The zero-order valence-corrected chi connectivity index (χ0v) is 18.6. The Labute approximate surface area is 185 Å². The fourth-order valence-electron chi connectivity index (χ4n) is 2.51. The molecule has 0 atom stereocenters. The minimum absolute atomic E-state index is 0.154. The smallest absolute Gasteiger partial charge is 0.253 e. The molecule has 2 aromatic carbocycles. The van der Waals surface area contributed by atoms with E-state index in [1.165, 1.54) is 25.3 Å². The maximum atomic E-state index is 12.6. The minimum atomic E-state index is -3.80. The Morgan fingerprint density at radius 3 is 2.43 bits per heavy atom. The normalized spacial score (nSPS) is 11.1. The molecular formula is C19H21Cl2N3O5S. The van der Waals surface area contributed by atoms with Crippen molar-refractivity contribution in [1.82, 2.24) is 5.32 Å². The van der Waals surface area contributed by atoms with Gasteiger partial charge in [0.15, 0.2) is 0 Å². The second kappa shape index (κ2) is 10.6. The Morgan fingerprint density at radius 2 is 1.80 bits per heavy atom. The lowest BCUT2D eigenvalue weighted by Crippen LogP contribution is -2.37. The summed E-state index contributed by atoms with van der Waals surface area (Å²) in [6.45, 7) is 0.125. The first-order valence-electron chi connectivity index (χ1n) is 8.72. The van der Waals surface area contributed by atoms with Crippen LogP contribution in [0.3, 0.4) is 0 Å². The predicted molar refractivity (Wildman–Crippen MR) is 118 cm³/mol. The van der Waals surface area contributed by atoms with E-state index in [0.717, 1.165) is 10.6 Å². The number of halogens is 2. The highest BCUT2D eigenvalue weighted by Crippen LogP contribution is 2.28. The van der Waals surface area contributed by atoms with Gasteiger partial charge in [0.1, 0.15) is 6.54 Å². The van der Waals surface area contributed by atoms with Crippen LogP contribution in [0.1, 0.15) is 10.4 Å². The van der Waals surface area contributed by atoms with Gasteiger partial charge in [-0.2, -0.15) is 0 Å². The molecule has 30 heavy (non-hydrogen) atoms. The SMILES string of the molecule is COCCNC(=O)c1ccccc1NC(=O)CN(c1ccc(Cl)c(Cl)c1)S(C)(=O)=O. The number of carbonyl (C=O) groups excluding carboxylic acids is 2. The molecule has 0 aliphatic carbocycles. The van der Waals surface area contributed by atoms with Gasteiger partial charge < -0.3 is 15.4 Å². The first-order chi connectivity index (χ1) is 14.1. The Kier molecular flexibility index (Phi) is 8.48. The Bertz CT molecular complexity index is 1030. The standard InChI is InChI=1S/C19H21Cl2N3O5S/c1-29-10-9-22-19(26)14-5-3-4-6-17(14)23-18(25)12-24(30(2,27)28)13-7-8-15(20)16(21)11-13/h3-8,11H,9-10,12H2,1-2H3,(H,22,26)(H,23,25). The lowest BCUT2D eigenvalue weighted by atomic mass is 10.1. The summed E-state index contributed by atoms with van der Waals surface area (Å²) in [5.41, 5.74) is 0.676. The van der Waals surface area contributed by atoms with E-state index >= 15 is 0 Å². The average molecular weight is 474 g/mol. The molecule has 2 aromatic rings. The number of hydrogen-bond donors (Lipinski definition) is 2. The molecule has 0 spiro atoms. The number of carbonyl (C=O) groups is 2. The Hall–Kier alpha value is -2.33. The first-order valence-corrected chi connectivity index (χ1v) is 11.3. The van der Waals surface area contributed by atoms with Gasteiger partial charge in [0.2, 0.25) is 15.9 Å². The summed E-state index contributed by atoms with van der Waals surface area (Å²) in [6.07, 6.45) is 0.972. The van der Waals surface area contributed by atoms with Gasteiger partial charge in [0, 0.05) is 13.7 Å². The van der Waals surface area contributed by atoms with Crippen LogP contribution in [-0.2, 0) is 19.6 Å². The molecule has 0 aromatic heterocycles. The van der Waals surface area contributed by atoms with Crippen molar-refractivity contribution < 1.29 is 22.7 Å². The van der Waals surface area contributed by atoms with Gasteiger partial charge in [-0.25, -0.2) is 8.42 Å². The molecule has 0 heterocycles. The number of nitrogens with one attached hydrogen (secondary N) is 2. The highest BCUT2D eigenvalue weighted by Gasteiger charge is 2.22. The zero-order valence-electron chi connectivity index (χ0n) is 16.3. The second-order valence-electron chi connectivity index (χ2n) is 6.21. The number of sulfonamides is 1. The van der Waals surface area contributed by atoms with E-state index in [1.807, 2.05) is 0 Å². The molecule has 11 heteroatoms. The van der Waals surface area contributed by atoms with Gasteiger partial charge in [-0.15, -0.1) is 0 Å². The molecule has 2 amide bonds. The number of amides is 2. The molecule has 0 fully saturated rings. The summed E-state index contributed by atoms with van der Waals surface area (Å²) in [5, 5.41) is 5.66. The number of methoxy groups -OCH3 is 1. The number of nitrogens with zero attached hydrogens (tertiary/aromatic N) is 1. The highest BCUT2D eigenvalue weighted by molar-refractivity contribution is 7.92. The maximum absolute atomic E-state index is 12.6. The van der Waals surface area contributed by atoms with Crippen LogP contribution in [0, 0.1) is 0 Å². The first kappa shape index (κ1) is 23.9. The number of hydrogen-bond acceptors (Lipinski definition) is 5. The molecule has 0 unspecified atom stereocenters. The summed E-state index contributed by atoms with van der Waals surface area (Å²) in [6, 6.07) is 10.6. The van der Waals surface area contributed by atoms with Crippen LogP contribution in [0.25, 0.3) is 0 Å². The topological polar surface area (TPSA) is 105 Å². The van der Waals surface area contributed by atoms with Crippen molar-refractivity contribution in [3.8, 4) is 0 Å². The van der Waals surface area contributed by atoms with Crippen molar-refractivity contribution in [2.75, 3.05) is 42.7 Å². The van der Waals surface area contributed by atoms with E-state index in [2.05, 4.69) is 10.6 Å². The highest BCUT2D eigenvalue weighted by atomic mass is 35.5. The average Bonchev–Trinajstić information content (AvgIpc) is 2.68. The van der Waals surface area contributed by atoms with Gasteiger partial charge in [-0.05, 0) is 30.3 Å². The Morgan fingerprint density at radius 1 is 1.10 bits per heavy atom. The Balaban J connectivity index is 2.20. The van der Waals surface area contributed by atoms with E-state index in [-0.39, 0.29) is 27.0 Å². The number of benzene rings is 2. The molecule has 2 rings (SSSR count). The fourth-order valence-corrected chi connectivity index (χ4v) is 3.65. The summed E-state index contributed by atoms with van der Waals surface area (Å²) < 4.78 is 30.3.